The van der Waals surface area contributed by atoms with E-state index in [1.165, 1.54) is 108 Å². The number of nitrogens with zero attached hydrogens (tertiary/aromatic N) is 2. The molecule has 0 radical (unpaired) electrons. The molecule has 0 atom stereocenters. The molecular weight excluding hydrogens is 661 g/mol. The van der Waals surface area contributed by atoms with Crippen LogP contribution < -0.4 is 0 Å². The Labute approximate surface area is 309 Å². The third-order valence-electron chi connectivity index (χ3n) is 11.3. The van der Waals surface area contributed by atoms with E-state index in [4.69, 9.17) is 0 Å². The van der Waals surface area contributed by atoms with Crippen molar-refractivity contribution in [1.29, 1.82) is 0 Å². The number of aromatic nitrogens is 2. The molecular formula is C50H30N2S. The fraction of sp³-hybridized carbons (Fsp3) is 0. The third kappa shape index (κ3) is 4.08. The van der Waals surface area contributed by atoms with E-state index in [0.29, 0.717) is 0 Å². The predicted octanol–water partition coefficient (Wildman–Crippen LogP) is 14.2. The van der Waals surface area contributed by atoms with Gasteiger partial charge in [-0.15, -0.1) is 11.3 Å². The van der Waals surface area contributed by atoms with Gasteiger partial charge in [-0.1, -0.05) is 127 Å². The fourth-order valence-corrected chi connectivity index (χ4v) is 10.2. The number of thiophene rings is 1. The van der Waals surface area contributed by atoms with E-state index < -0.39 is 0 Å². The van der Waals surface area contributed by atoms with Crippen LogP contribution in [0.2, 0.25) is 0 Å². The number of fused-ring (bicyclic) bond motifs is 12. The van der Waals surface area contributed by atoms with Crippen LogP contribution in [0.25, 0.3) is 108 Å². The van der Waals surface area contributed by atoms with Gasteiger partial charge in [0.25, 0.3) is 0 Å². The van der Waals surface area contributed by atoms with E-state index in [2.05, 4.69) is 191 Å². The highest BCUT2D eigenvalue weighted by atomic mass is 32.1. The lowest BCUT2D eigenvalue weighted by atomic mass is 10.00. The maximum Gasteiger partial charge on any atom is 0.0556 e. The van der Waals surface area contributed by atoms with Crippen molar-refractivity contribution in [2.24, 2.45) is 0 Å². The molecule has 3 heterocycles. The van der Waals surface area contributed by atoms with Gasteiger partial charge in [-0.05, 0) is 76.5 Å². The van der Waals surface area contributed by atoms with Crippen LogP contribution in [0.3, 0.4) is 0 Å². The molecule has 3 aromatic heterocycles. The Morgan fingerprint density at radius 2 is 0.830 bits per heavy atom. The maximum absolute atomic E-state index is 2.49. The highest BCUT2D eigenvalue weighted by Gasteiger charge is 2.20. The second kappa shape index (κ2) is 10.9. The zero-order chi connectivity index (χ0) is 34.6. The largest absolute Gasteiger partial charge is 0.309 e. The zero-order valence-corrected chi connectivity index (χ0v) is 29.4. The summed E-state index contributed by atoms with van der Waals surface area (Å²) < 4.78 is 7.60. The van der Waals surface area contributed by atoms with Crippen molar-refractivity contribution < 1.29 is 0 Å². The summed E-state index contributed by atoms with van der Waals surface area (Å²) in [5.41, 5.74) is 9.74. The first-order valence-electron chi connectivity index (χ1n) is 18.2. The molecule has 0 fully saturated rings. The minimum atomic E-state index is 1.21. The summed E-state index contributed by atoms with van der Waals surface area (Å²) in [7, 11) is 0. The number of para-hydroxylation sites is 1. The molecule has 0 saturated carbocycles. The Morgan fingerprint density at radius 3 is 1.55 bits per heavy atom. The molecule has 0 spiro atoms. The van der Waals surface area contributed by atoms with Gasteiger partial charge in [0.2, 0.25) is 0 Å². The van der Waals surface area contributed by atoms with Crippen molar-refractivity contribution in [3.05, 3.63) is 182 Å². The van der Waals surface area contributed by atoms with Gasteiger partial charge in [-0.25, -0.2) is 0 Å². The minimum absolute atomic E-state index is 1.21. The monoisotopic (exact) mass is 690 g/mol. The van der Waals surface area contributed by atoms with Crippen LogP contribution in [-0.4, -0.2) is 9.13 Å². The number of hydrogen-bond donors (Lipinski definition) is 0. The highest BCUT2D eigenvalue weighted by molar-refractivity contribution is 7.26. The molecule has 2 nitrogen and oxygen atoms in total. The average molecular weight is 691 g/mol. The molecule has 12 aromatic rings. The number of benzene rings is 9. The Balaban J connectivity index is 1.14. The summed E-state index contributed by atoms with van der Waals surface area (Å²) in [5.74, 6) is 0. The van der Waals surface area contributed by atoms with Gasteiger partial charge in [0.1, 0.15) is 0 Å². The van der Waals surface area contributed by atoms with Crippen LogP contribution in [0.4, 0.5) is 0 Å². The number of hydrogen-bond acceptors (Lipinski definition) is 1. The average Bonchev–Trinajstić information content (AvgIpc) is 3.87. The summed E-state index contributed by atoms with van der Waals surface area (Å²) in [4.78, 5) is 0. The van der Waals surface area contributed by atoms with Crippen LogP contribution in [0.5, 0.6) is 0 Å². The van der Waals surface area contributed by atoms with Gasteiger partial charge < -0.3 is 9.13 Å². The Bertz CT molecular complexity index is 3460. The maximum atomic E-state index is 2.49. The summed E-state index contributed by atoms with van der Waals surface area (Å²) >= 11 is 1.91. The van der Waals surface area contributed by atoms with Crippen molar-refractivity contribution in [1.82, 2.24) is 9.13 Å². The normalized spacial score (nSPS) is 12.2. The van der Waals surface area contributed by atoms with Crippen LogP contribution >= 0.6 is 11.3 Å². The standard InChI is InChI=1S/C50H30N2S/c1-3-15-35-31(11-1)13-9-20-42(35)51-44-19-7-5-17-37(44)40-29-33(23-26-45(40)51)34-24-27-46-41(30-34)49-47(28-25-39-38-18-6-8-22-48(38)53-50(39)49)52(46)43-21-10-14-32-12-2-4-16-36(32)43/h1-30H. The first-order chi connectivity index (χ1) is 26.3. The molecule has 0 unspecified atom stereocenters. The first kappa shape index (κ1) is 29.0. The Kier molecular flexibility index (Phi) is 5.96. The number of rotatable bonds is 3. The van der Waals surface area contributed by atoms with E-state index in [0.717, 1.165) is 0 Å². The van der Waals surface area contributed by atoms with Crippen molar-refractivity contribution in [3.63, 3.8) is 0 Å². The second-order valence-electron chi connectivity index (χ2n) is 14.1. The smallest absolute Gasteiger partial charge is 0.0556 e. The quantitative estimate of drug-likeness (QED) is 0.175. The van der Waals surface area contributed by atoms with E-state index in [1.807, 2.05) is 11.3 Å². The lowest BCUT2D eigenvalue weighted by Crippen LogP contribution is -1.95. The van der Waals surface area contributed by atoms with Crippen molar-refractivity contribution in [2.45, 2.75) is 0 Å². The van der Waals surface area contributed by atoms with E-state index in [1.54, 1.807) is 0 Å². The topological polar surface area (TPSA) is 9.86 Å². The highest BCUT2D eigenvalue weighted by Crippen LogP contribution is 2.45. The molecule has 12 rings (SSSR count). The fourth-order valence-electron chi connectivity index (χ4n) is 8.94. The zero-order valence-electron chi connectivity index (χ0n) is 28.6. The molecule has 53 heavy (non-hydrogen) atoms. The summed E-state index contributed by atoms with van der Waals surface area (Å²) in [6, 6.07) is 67.2. The van der Waals surface area contributed by atoms with Crippen LogP contribution in [0, 0.1) is 0 Å². The molecule has 0 amide bonds. The lowest BCUT2D eigenvalue weighted by molar-refractivity contribution is 1.20. The first-order valence-corrected chi connectivity index (χ1v) is 19.0. The van der Waals surface area contributed by atoms with Crippen LogP contribution in [0.15, 0.2) is 182 Å². The molecule has 0 N–H and O–H groups in total. The van der Waals surface area contributed by atoms with Gasteiger partial charge in [-0.2, -0.15) is 0 Å². The van der Waals surface area contributed by atoms with Crippen LogP contribution in [0.1, 0.15) is 0 Å². The lowest BCUT2D eigenvalue weighted by Gasteiger charge is -2.12. The Morgan fingerprint density at radius 1 is 0.321 bits per heavy atom. The molecule has 0 bridgehead atoms. The minimum Gasteiger partial charge on any atom is -0.309 e. The van der Waals surface area contributed by atoms with Gasteiger partial charge >= 0.3 is 0 Å². The van der Waals surface area contributed by atoms with Crippen molar-refractivity contribution >= 4 is 96.7 Å². The SMILES string of the molecule is c1ccc2c(-n3c4ccccc4c4cc(-c5ccc6c(c5)c5c7sc8ccccc8c7ccc5n6-c5cccc6ccccc56)ccc43)cccc2c1. The summed E-state index contributed by atoms with van der Waals surface area (Å²) in [6.45, 7) is 0. The molecule has 0 saturated heterocycles. The Hall–Kier alpha value is -6.68. The van der Waals surface area contributed by atoms with Gasteiger partial charge in [0.05, 0.1) is 33.4 Å². The second-order valence-corrected chi connectivity index (χ2v) is 15.1. The third-order valence-corrected chi connectivity index (χ3v) is 12.5. The summed E-state index contributed by atoms with van der Waals surface area (Å²) in [6.07, 6.45) is 0. The van der Waals surface area contributed by atoms with Crippen molar-refractivity contribution in [2.75, 3.05) is 0 Å². The molecule has 0 aliphatic heterocycles. The molecule has 3 heteroatoms. The van der Waals surface area contributed by atoms with Crippen LogP contribution in [-0.2, 0) is 0 Å². The molecule has 0 aliphatic rings. The molecule has 0 aliphatic carbocycles. The van der Waals surface area contributed by atoms with E-state index in [-0.39, 0.29) is 0 Å². The predicted molar refractivity (Wildman–Crippen MR) is 228 cm³/mol. The van der Waals surface area contributed by atoms with Gasteiger partial charge in [-0.3, -0.25) is 0 Å². The van der Waals surface area contributed by atoms with Gasteiger partial charge in [0.15, 0.2) is 0 Å². The van der Waals surface area contributed by atoms with E-state index in [9.17, 15) is 0 Å². The molecule has 9 aromatic carbocycles. The summed E-state index contributed by atoms with van der Waals surface area (Å²) in [5, 5.41) is 12.8. The molecule has 246 valence electrons. The van der Waals surface area contributed by atoms with E-state index >= 15 is 0 Å². The van der Waals surface area contributed by atoms with Crippen molar-refractivity contribution in [3.8, 4) is 22.5 Å². The van der Waals surface area contributed by atoms with Gasteiger partial charge in [0, 0.05) is 52.5 Å².